The van der Waals surface area contributed by atoms with E-state index in [2.05, 4.69) is 138 Å². The van der Waals surface area contributed by atoms with Gasteiger partial charge in [-0.15, -0.1) is 0 Å². The van der Waals surface area contributed by atoms with Gasteiger partial charge in [-0.05, 0) is 69.5 Å². The van der Waals surface area contributed by atoms with Crippen LogP contribution in [0.15, 0.2) is 93.4 Å². The van der Waals surface area contributed by atoms with Crippen molar-refractivity contribution in [3.8, 4) is 0 Å². The first-order chi connectivity index (χ1) is 16.1. The van der Waals surface area contributed by atoms with Crippen molar-refractivity contribution in [3.63, 3.8) is 0 Å². The largest absolute Gasteiger partial charge is 0.329 e. The molecule has 188 valence electrons. The van der Waals surface area contributed by atoms with Crippen LogP contribution >= 0.6 is 0 Å². The van der Waals surface area contributed by atoms with Crippen LogP contribution in [0.25, 0.3) is 0 Å². The fraction of sp³-hybridized carbons (Fsp3) is 0.484. The summed E-state index contributed by atoms with van der Waals surface area (Å²) in [5, 5.41) is 3.14. The summed E-state index contributed by atoms with van der Waals surface area (Å²) in [5.74, 6) is 0.830. The average Bonchev–Trinajstić information content (AvgIpc) is 3.25. The van der Waals surface area contributed by atoms with E-state index in [0.717, 1.165) is 6.42 Å². The number of hydrogen-bond acceptors (Lipinski definition) is 2. The van der Waals surface area contributed by atoms with Crippen molar-refractivity contribution in [1.82, 2.24) is 9.96 Å². The molecule has 0 bridgehead atoms. The van der Waals surface area contributed by atoms with Gasteiger partial charge >= 0.3 is 0 Å². The average molecular weight is 503 g/mol. The highest BCUT2D eigenvalue weighted by atomic mass is 28.3. The van der Waals surface area contributed by atoms with E-state index in [1.54, 1.807) is 21.5 Å². The molecule has 2 nitrogen and oxygen atoms in total. The second-order valence-corrected chi connectivity index (χ2v) is 21.9. The molecular formula is C31H46N2Si2. The Balaban J connectivity index is 1.67. The Hall–Kier alpha value is -1.73. The maximum absolute atomic E-state index is 4.01. The monoisotopic (exact) mass is 502 g/mol. The van der Waals surface area contributed by atoms with Crippen molar-refractivity contribution in [3.05, 3.63) is 93.4 Å². The molecule has 0 saturated carbocycles. The third-order valence-corrected chi connectivity index (χ3v) is 13.6. The summed E-state index contributed by atoms with van der Waals surface area (Å²) in [7, 11) is -3.61. The first-order valence-corrected chi connectivity index (χ1v) is 19.3. The zero-order valence-electron chi connectivity index (χ0n) is 23.6. The lowest BCUT2D eigenvalue weighted by Gasteiger charge is -2.34. The van der Waals surface area contributed by atoms with Crippen LogP contribution in [0, 0.1) is 11.8 Å². The summed E-state index contributed by atoms with van der Waals surface area (Å²) in [6.07, 6.45) is 24.7. The Kier molecular flexibility index (Phi) is 6.76. The van der Waals surface area contributed by atoms with Crippen molar-refractivity contribution in [1.29, 1.82) is 0 Å². The van der Waals surface area contributed by atoms with Crippen LogP contribution in [-0.2, 0) is 0 Å². The van der Waals surface area contributed by atoms with Crippen molar-refractivity contribution in [2.24, 2.45) is 11.8 Å². The molecule has 0 aromatic rings. The van der Waals surface area contributed by atoms with Crippen LogP contribution in [-0.4, -0.2) is 27.5 Å². The van der Waals surface area contributed by atoms with Gasteiger partial charge in [-0.3, -0.25) is 0 Å². The first kappa shape index (κ1) is 26.3. The summed E-state index contributed by atoms with van der Waals surface area (Å²) in [6, 6.07) is 0. The minimum atomic E-state index is -1.81. The van der Waals surface area contributed by atoms with E-state index in [0.29, 0.717) is 11.8 Å². The van der Waals surface area contributed by atoms with Crippen LogP contribution in [0.4, 0.5) is 0 Å². The number of nitrogens with one attached hydrogen (secondary N) is 2. The number of fused-ring (bicyclic) bond motifs is 2. The van der Waals surface area contributed by atoms with E-state index in [1.165, 1.54) is 11.1 Å². The van der Waals surface area contributed by atoms with E-state index in [1.807, 2.05) is 0 Å². The van der Waals surface area contributed by atoms with Gasteiger partial charge in [0.2, 0.25) is 0 Å². The molecule has 2 unspecified atom stereocenters. The molecule has 4 rings (SSSR count). The zero-order chi connectivity index (χ0) is 25.8. The fourth-order valence-corrected chi connectivity index (χ4v) is 13.6. The Morgan fingerprint density at radius 1 is 0.629 bits per heavy atom. The normalized spacial score (nSPS) is 24.3. The van der Waals surface area contributed by atoms with Gasteiger partial charge in [0.15, 0.2) is 16.5 Å². The van der Waals surface area contributed by atoms with Crippen molar-refractivity contribution >= 4 is 16.5 Å². The van der Waals surface area contributed by atoms with Gasteiger partial charge in [-0.1, -0.05) is 98.1 Å². The van der Waals surface area contributed by atoms with Crippen LogP contribution in [0.3, 0.4) is 0 Å². The van der Waals surface area contributed by atoms with Crippen LogP contribution in [0.1, 0.15) is 48.0 Å². The highest BCUT2D eigenvalue weighted by Gasteiger charge is 2.40. The van der Waals surface area contributed by atoms with Gasteiger partial charge in [0.25, 0.3) is 0 Å². The van der Waals surface area contributed by atoms with Gasteiger partial charge in [0.05, 0.1) is 0 Å². The molecule has 0 saturated heterocycles. The molecule has 4 aliphatic carbocycles. The van der Waals surface area contributed by atoms with Gasteiger partial charge in [-0.25, -0.2) is 0 Å². The van der Waals surface area contributed by atoms with E-state index in [9.17, 15) is 0 Å². The van der Waals surface area contributed by atoms with Gasteiger partial charge in [0, 0.05) is 22.9 Å². The van der Waals surface area contributed by atoms with Crippen molar-refractivity contribution < 1.29 is 0 Å². The number of rotatable bonds is 6. The van der Waals surface area contributed by atoms with E-state index in [4.69, 9.17) is 0 Å². The number of hydrogen-bond donors (Lipinski definition) is 2. The van der Waals surface area contributed by atoms with Crippen molar-refractivity contribution in [2.45, 2.75) is 85.2 Å². The van der Waals surface area contributed by atoms with Crippen LogP contribution in [0.2, 0.25) is 26.2 Å². The molecule has 4 heteroatoms. The predicted octanol–water partition coefficient (Wildman–Crippen LogP) is 7.60. The van der Waals surface area contributed by atoms with Crippen molar-refractivity contribution in [2.75, 3.05) is 0 Å². The minimum Gasteiger partial charge on any atom is -0.329 e. The molecule has 0 amide bonds. The molecule has 0 spiro atoms. The molecule has 0 aromatic heterocycles. The Labute approximate surface area is 216 Å². The van der Waals surface area contributed by atoms with Gasteiger partial charge in [-0.2, -0.15) is 0 Å². The topological polar surface area (TPSA) is 24.1 Å². The molecule has 0 fully saturated rings. The van der Waals surface area contributed by atoms with Gasteiger partial charge < -0.3 is 9.96 Å². The zero-order valence-corrected chi connectivity index (χ0v) is 25.6. The first-order valence-electron chi connectivity index (χ1n) is 13.3. The van der Waals surface area contributed by atoms with E-state index >= 15 is 0 Å². The molecule has 2 atom stereocenters. The highest BCUT2D eigenvalue weighted by Crippen LogP contribution is 2.47. The lowest BCUT2D eigenvalue weighted by molar-refractivity contribution is 0.513. The molecule has 2 N–H and O–H groups in total. The third kappa shape index (κ3) is 5.66. The Morgan fingerprint density at radius 3 is 1.34 bits per heavy atom. The third-order valence-electron chi connectivity index (χ3n) is 7.26. The van der Waals surface area contributed by atoms with E-state index in [-0.39, 0.29) is 11.1 Å². The smallest absolute Gasteiger partial charge is 0.152 e. The molecule has 0 radical (unpaired) electrons. The van der Waals surface area contributed by atoms with Crippen LogP contribution < -0.4 is 9.96 Å². The molecule has 4 aliphatic rings. The summed E-state index contributed by atoms with van der Waals surface area (Å²) in [4.78, 5) is 8.02. The highest BCUT2D eigenvalue weighted by molar-refractivity contribution is 6.83. The minimum absolute atomic E-state index is 0.112. The molecular weight excluding hydrogens is 457 g/mol. The second kappa shape index (κ2) is 8.98. The standard InChI is InChI=1S/C31H46N2Si2/c1-30(2,3)32-34(7,8)28-20-22(24-15-11-13-17-26(24)28)19-23-21-29(27-18-14-12-16-25(23)27)35(9,10)33-31(4,5)6/h11-18,20-21,24-25,32-33H,19H2,1-10H3. The molecule has 0 heterocycles. The maximum atomic E-state index is 4.01. The molecule has 0 aromatic carbocycles. The van der Waals surface area contributed by atoms with Gasteiger partial charge in [0.1, 0.15) is 0 Å². The fourth-order valence-electron chi connectivity index (χ4n) is 6.61. The van der Waals surface area contributed by atoms with E-state index < -0.39 is 16.5 Å². The second-order valence-electron chi connectivity index (χ2n) is 13.8. The predicted molar refractivity (Wildman–Crippen MR) is 159 cm³/mol. The summed E-state index contributed by atoms with van der Waals surface area (Å²) in [6.45, 7) is 23.6. The molecule has 0 aliphatic heterocycles. The summed E-state index contributed by atoms with van der Waals surface area (Å²) in [5.41, 5.74) is 6.38. The Bertz CT molecular complexity index is 1050. The SMILES string of the molecule is CC(C)(C)N[Si](C)(C)C1=C2C=CC=CC2C(CC2=CC([Si](C)(C)NC(C)(C)C)=C3C=CC=CC23)=C1. The number of allylic oxidation sites excluding steroid dienone is 16. The quantitative estimate of drug-likeness (QED) is 0.365. The molecule has 35 heavy (non-hydrogen) atoms. The summed E-state index contributed by atoms with van der Waals surface area (Å²) >= 11 is 0. The lowest BCUT2D eigenvalue weighted by atomic mass is 9.84. The summed E-state index contributed by atoms with van der Waals surface area (Å²) < 4.78 is 0. The van der Waals surface area contributed by atoms with Crippen LogP contribution in [0.5, 0.6) is 0 Å². The maximum Gasteiger partial charge on any atom is 0.152 e. The lowest BCUT2D eigenvalue weighted by Crippen LogP contribution is -2.55. The Morgan fingerprint density at radius 2 is 1.00 bits per heavy atom.